The van der Waals surface area contributed by atoms with Crippen LogP contribution in [0.1, 0.15) is 50.2 Å². The Morgan fingerprint density at radius 1 is 0.897 bits per heavy atom. The molecule has 2 N–H and O–H groups in total. The first-order valence-corrected chi connectivity index (χ1v) is 9.82. The summed E-state index contributed by atoms with van der Waals surface area (Å²) in [4.78, 5) is 24.8. The van der Waals surface area contributed by atoms with Gasteiger partial charge in [-0.3, -0.25) is 9.59 Å². The predicted octanol–water partition coefficient (Wildman–Crippen LogP) is 4.08. The van der Waals surface area contributed by atoms with E-state index in [1.54, 1.807) is 12.1 Å². The minimum atomic E-state index is -0.125. The maximum absolute atomic E-state index is 12.8. The van der Waals surface area contributed by atoms with Crippen LogP contribution in [0, 0.1) is 20.8 Å². The lowest BCUT2D eigenvalue weighted by Crippen LogP contribution is -2.24. The van der Waals surface area contributed by atoms with Gasteiger partial charge in [0.1, 0.15) is 0 Å². The third kappa shape index (κ3) is 4.57. The smallest absolute Gasteiger partial charge is 0.253 e. The Bertz CT molecular complexity index is 1050. The molecule has 0 aliphatic carbocycles. The lowest BCUT2D eigenvalue weighted by molar-refractivity contribution is 0.0946. The number of amides is 2. The van der Waals surface area contributed by atoms with Gasteiger partial charge in [0, 0.05) is 35.7 Å². The first-order valence-electron chi connectivity index (χ1n) is 9.82. The van der Waals surface area contributed by atoms with E-state index in [4.69, 9.17) is 0 Å². The number of nitrogens with one attached hydrogen (secondary N) is 2. The topological polar surface area (TPSA) is 63.1 Å². The van der Waals surface area contributed by atoms with Crippen molar-refractivity contribution in [2.45, 2.75) is 34.2 Å². The third-order valence-electron chi connectivity index (χ3n) is 4.92. The number of carbonyl (C=O) groups is 2. The summed E-state index contributed by atoms with van der Waals surface area (Å²) in [6, 6.07) is 17.4. The fourth-order valence-electron chi connectivity index (χ4n) is 3.52. The molecule has 0 atom stereocenters. The van der Waals surface area contributed by atoms with Gasteiger partial charge >= 0.3 is 0 Å². The molecular formula is C24H27N3O2. The summed E-state index contributed by atoms with van der Waals surface area (Å²) in [5.74, 6) is -0.234. The van der Waals surface area contributed by atoms with Crippen molar-refractivity contribution >= 4 is 11.8 Å². The summed E-state index contributed by atoms with van der Waals surface area (Å²) < 4.78 is 2.09. The van der Waals surface area contributed by atoms with Crippen LogP contribution >= 0.6 is 0 Å². The molecule has 3 aromatic rings. The number of hydrogen-bond donors (Lipinski definition) is 2. The molecule has 150 valence electrons. The van der Waals surface area contributed by atoms with Crippen LogP contribution in [-0.4, -0.2) is 22.9 Å². The average molecular weight is 389 g/mol. The maximum Gasteiger partial charge on any atom is 0.253 e. The van der Waals surface area contributed by atoms with E-state index in [0.717, 1.165) is 22.6 Å². The molecule has 0 radical (unpaired) electrons. The molecule has 2 amide bonds. The van der Waals surface area contributed by atoms with Crippen LogP contribution in [-0.2, 0) is 6.54 Å². The lowest BCUT2D eigenvalue weighted by Gasteiger charge is -2.11. The van der Waals surface area contributed by atoms with Crippen molar-refractivity contribution in [3.63, 3.8) is 0 Å². The largest absolute Gasteiger partial charge is 0.352 e. The van der Waals surface area contributed by atoms with E-state index in [0.29, 0.717) is 24.2 Å². The second kappa shape index (κ2) is 8.78. The van der Waals surface area contributed by atoms with Gasteiger partial charge in [0.15, 0.2) is 0 Å². The Balaban J connectivity index is 1.76. The molecule has 0 saturated carbocycles. The zero-order valence-corrected chi connectivity index (χ0v) is 17.4. The van der Waals surface area contributed by atoms with Crippen LogP contribution in [0.4, 0.5) is 0 Å². The second-order valence-electron chi connectivity index (χ2n) is 7.20. The highest BCUT2D eigenvalue weighted by molar-refractivity contribution is 5.96. The standard InChI is InChI=1S/C24H27N3O2/c1-5-25-23(28)20-10-7-9-19(14-20)15-26-24(29)22-13-17(3)27(18(22)4)21-11-6-8-16(2)12-21/h6-14H,5,15H2,1-4H3,(H,25,28)(H,26,29). The number of nitrogens with zero attached hydrogens (tertiary/aromatic N) is 1. The second-order valence-corrected chi connectivity index (χ2v) is 7.20. The lowest BCUT2D eigenvalue weighted by atomic mass is 10.1. The molecule has 0 saturated heterocycles. The van der Waals surface area contributed by atoms with E-state index >= 15 is 0 Å². The van der Waals surface area contributed by atoms with E-state index in [-0.39, 0.29) is 11.8 Å². The molecule has 5 heteroatoms. The minimum Gasteiger partial charge on any atom is -0.352 e. The number of hydrogen-bond acceptors (Lipinski definition) is 2. The zero-order valence-electron chi connectivity index (χ0n) is 17.4. The van der Waals surface area contributed by atoms with Gasteiger partial charge in [-0.05, 0) is 69.2 Å². The Labute approximate surface area is 171 Å². The molecule has 3 rings (SSSR count). The van der Waals surface area contributed by atoms with Crippen molar-refractivity contribution < 1.29 is 9.59 Å². The third-order valence-corrected chi connectivity index (χ3v) is 4.92. The Morgan fingerprint density at radius 2 is 1.66 bits per heavy atom. The van der Waals surface area contributed by atoms with Crippen molar-refractivity contribution in [1.29, 1.82) is 0 Å². The number of carbonyl (C=O) groups excluding carboxylic acids is 2. The highest BCUT2D eigenvalue weighted by atomic mass is 16.2. The van der Waals surface area contributed by atoms with Crippen LogP contribution in [0.15, 0.2) is 54.6 Å². The monoisotopic (exact) mass is 389 g/mol. The van der Waals surface area contributed by atoms with Gasteiger partial charge < -0.3 is 15.2 Å². The van der Waals surface area contributed by atoms with Crippen LogP contribution in [0.3, 0.4) is 0 Å². The number of benzene rings is 2. The van der Waals surface area contributed by atoms with Crippen molar-refractivity contribution in [3.05, 3.63) is 88.2 Å². The first kappa shape index (κ1) is 20.4. The summed E-state index contributed by atoms with van der Waals surface area (Å²) in [5, 5.41) is 5.76. The van der Waals surface area contributed by atoms with Gasteiger partial charge in [-0.15, -0.1) is 0 Å². The van der Waals surface area contributed by atoms with E-state index < -0.39 is 0 Å². The van der Waals surface area contributed by atoms with Gasteiger partial charge in [0.2, 0.25) is 0 Å². The highest BCUT2D eigenvalue weighted by Crippen LogP contribution is 2.21. The highest BCUT2D eigenvalue weighted by Gasteiger charge is 2.16. The maximum atomic E-state index is 12.8. The summed E-state index contributed by atoms with van der Waals surface area (Å²) >= 11 is 0. The number of aryl methyl sites for hydroxylation is 2. The molecule has 0 bridgehead atoms. The molecular weight excluding hydrogens is 362 g/mol. The molecule has 2 aromatic carbocycles. The molecule has 0 fully saturated rings. The van der Waals surface area contributed by atoms with Crippen molar-refractivity contribution in [2.75, 3.05) is 6.54 Å². The Morgan fingerprint density at radius 3 is 2.38 bits per heavy atom. The summed E-state index contributed by atoms with van der Waals surface area (Å²) in [6.45, 7) is 8.84. The van der Waals surface area contributed by atoms with Crippen molar-refractivity contribution in [1.82, 2.24) is 15.2 Å². The van der Waals surface area contributed by atoms with Gasteiger partial charge in [-0.25, -0.2) is 0 Å². The zero-order chi connectivity index (χ0) is 21.0. The first-order chi connectivity index (χ1) is 13.9. The summed E-state index contributed by atoms with van der Waals surface area (Å²) in [6.07, 6.45) is 0. The van der Waals surface area contributed by atoms with E-state index in [9.17, 15) is 9.59 Å². The molecule has 1 aromatic heterocycles. The SMILES string of the molecule is CCNC(=O)c1cccc(CNC(=O)c2cc(C)n(-c3cccc(C)c3)c2C)c1. The van der Waals surface area contributed by atoms with Crippen LogP contribution in [0.2, 0.25) is 0 Å². The van der Waals surface area contributed by atoms with Gasteiger partial charge in [0.05, 0.1) is 5.56 Å². The fourth-order valence-corrected chi connectivity index (χ4v) is 3.52. The molecule has 0 aliphatic rings. The molecule has 0 spiro atoms. The molecule has 0 unspecified atom stereocenters. The fraction of sp³-hybridized carbons (Fsp3) is 0.250. The van der Waals surface area contributed by atoms with Crippen LogP contribution < -0.4 is 10.6 Å². The van der Waals surface area contributed by atoms with E-state index in [2.05, 4.69) is 34.3 Å². The summed E-state index contributed by atoms with van der Waals surface area (Å²) in [7, 11) is 0. The molecule has 5 nitrogen and oxygen atoms in total. The van der Waals surface area contributed by atoms with Gasteiger partial charge in [-0.2, -0.15) is 0 Å². The van der Waals surface area contributed by atoms with Crippen molar-refractivity contribution in [2.24, 2.45) is 0 Å². The quantitative estimate of drug-likeness (QED) is 0.667. The summed E-state index contributed by atoms with van der Waals surface area (Å²) in [5.41, 5.74) is 6.27. The number of aromatic nitrogens is 1. The Kier molecular flexibility index (Phi) is 6.17. The van der Waals surface area contributed by atoms with E-state index in [1.807, 2.05) is 51.1 Å². The van der Waals surface area contributed by atoms with Gasteiger partial charge in [0.25, 0.3) is 11.8 Å². The van der Waals surface area contributed by atoms with Crippen LogP contribution in [0.25, 0.3) is 5.69 Å². The molecule has 1 heterocycles. The predicted molar refractivity (Wildman–Crippen MR) is 116 cm³/mol. The number of rotatable bonds is 6. The van der Waals surface area contributed by atoms with E-state index in [1.165, 1.54) is 5.56 Å². The normalized spacial score (nSPS) is 10.6. The molecule has 0 aliphatic heterocycles. The average Bonchev–Trinajstić information content (AvgIpc) is 3.00. The van der Waals surface area contributed by atoms with Gasteiger partial charge in [-0.1, -0.05) is 24.3 Å². The molecule has 29 heavy (non-hydrogen) atoms. The minimum absolute atomic E-state index is 0.109. The van der Waals surface area contributed by atoms with Crippen molar-refractivity contribution in [3.8, 4) is 5.69 Å². The Hall–Kier alpha value is -3.34. The van der Waals surface area contributed by atoms with Crippen LogP contribution in [0.5, 0.6) is 0 Å².